The molecule has 1 aliphatic heterocycles. The van der Waals surface area contributed by atoms with Crippen LogP contribution >= 0.6 is 11.3 Å². The Bertz CT molecular complexity index is 728. The number of halogens is 3. The van der Waals surface area contributed by atoms with Gasteiger partial charge in [0.2, 0.25) is 0 Å². The van der Waals surface area contributed by atoms with Crippen molar-refractivity contribution in [1.29, 1.82) is 0 Å². The van der Waals surface area contributed by atoms with E-state index in [9.17, 15) is 13.2 Å². The number of rotatable bonds is 5. The van der Waals surface area contributed by atoms with Gasteiger partial charge in [0.1, 0.15) is 0 Å². The van der Waals surface area contributed by atoms with E-state index in [0.29, 0.717) is 0 Å². The molecule has 1 aromatic carbocycles. The van der Waals surface area contributed by atoms with Gasteiger partial charge in [-0.3, -0.25) is 4.90 Å². The number of carbonyl (C=O) groups is 1. The van der Waals surface area contributed by atoms with Crippen molar-refractivity contribution in [3.63, 3.8) is 0 Å². The number of benzene rings is 1. The first-order valence-corrected chi connectivity index (χ1v) is 9.52. The maximum Gasteiger partial charge on any atom is 0.490 e. The Morgan fingerprint density at radius 1 is 1.22 bits per heavy atom. The van der Waals surface area contributed by atoms with Gasteiger partial charge in [0.25, 0.3) is 0 Å². The van der Waals surface area contributed by atoms with Gasteiger partial charge >= 0.3 is 12.1 Å². The van der Waals surface area contributed by atoms with Crippen LogP contribution in [0.15, 0.2) is 29.6 Å². The quantitative estimate of drug-likeness (QED) is 0.752. The summed E-state index contributed by atoms with van der Waals surface area (Å²) in [6.07, 6.45) is -5.08. The van der Waals surface area contributed by atoms with Gasteiger partial charge in [0.15, 0.2) is 0 Å². The number of aliphatic carboxylic acids is 1. The van der Waals surface area contributed by atoms with E-state index in [1.165, 1.54) is 41.8 Å². The Morgan fingerprint density at radius 2 is 1.85 bits per heavy atom. The summed E-state index contributed by atoms with van der Waals surface area (Å²) in [5.74, 6) is -2.76. The van der Waals surface area contributed by atoms with Crippen LogP contribution in [-0.4, -0.2) is 73.4 Å². The van der Waals surface area contributed by atoms with E-state index in [1.54, 1.807) is 0 Å². The number of carboxylic acids is 1. The SMILES string of the molecule is CN1CCN(CCNCc2csc3ccccc23)CC1.O=C(O)C(F)(F)F. The van der Waals surface area contributed by atoms with Gasteiger partial charge in [-0.15, -0.1) is 11.3 Å². The van der Waals surface area contributed by atoms with E-state index in [0.717, 1.165) is 19.6 Å². The Labute approximate surface area is 160 Å². The van der Waals surface area contributed by atoms with Crippen LogP contribution in [0, 0.1) is 0 Å². The Hall–Kier alpha value is -1.68. The molecule has 0 amide bonds. The van der Waals surface area contributed by atoms with Crippen LogP contribution in [-0.2, 0) is 11.3 Å². The van der Waals surface area contributed by atoms with E-state index < -0.39 is 12.1 Å². The summed E-state index contributed by atoms with van der Waals surface area (Å²) in [6.45, 7) is 8.05. The van der Waals surface area contributed by atoms with Crippen LogP contribution < -0.4 is 5.32 Å². The van der Waals surface area contributed by atoms with Gasteiger partial charge in [-0.25, -0.2) is 4.79 Å². The summed E-state index contributed by atoms with van der Waals surface area (Å²) >= 11 is 1.84. The zero-order chi connectivity index (χ0) is 19.9. The third-order valence-corrected chi connectivity index (χ3v) is 5.33. The molecule has 0 spiro atoms. The Balaban J connectivity index is 0.000000321. The number of nitrogens with zero attached hydrogens (tertiary/aromatic N) is 2. The van der Waals surface area contributed by atoms with Gasteiger partial charge in [0.05, 0.1) is 0 Å². The summed E-state index contributed by atoms with van der Waals surface area (Å²) < 4.78 is 33.1. The smallest absolute Gasteiger partial charge is 0.475 e. The van der Waals surface area contributed by atoms with Crippen molar-refractivity contribution in [2.75, 3.05) is 46.3 Å². The molecule has 2 aromatic rings. The molecule has 150 valence electrons. The van der Waals surface area contributed by atoms with Crippen molar-refractivity contribution >= 4 is 27.4 Å². The predicted octanol–water partition coefficient (Wildman–Crippen LogP) is 2.87. The van der Waals surface area contributed by atoms with Crippen LogP contribution in [0.4, 0.5) is 13.2 Å². The molecule has 2 heterocycles. The lowest BCUT2D eigenvalue weighted by Gasteiger charge is -2.32. The minimum absolute atomic E-state index is 0.984. The number of carboxylic acid groups (broad SMARTS) is 1. The van der Waals surface area contributed by atoms with Gasteiger partial charge in [0, 0.05) is 50.5 Å². The highest BCUT2D eigenvalue weighted by atomic mass is 32.1. The fourth-order valence-corrected chi connectivity index (χ4v) is 3.66. The molecule has 2 N–H and O–H groups in total. The number of alkyl halides is 3. The molecule has 9 heteroatoms. The first kappa shape index (κ1) is 21.6. The largest absolute Gasteiger partial charge is 0.490 e. The van der Waals surface area contributed by atoms with Gasteiger partial charge in [-0.2, -0.15) is 13.2 Å². The van der Waals surface area contributed by atoms with Crippen LogP contribution in [0.3, 0.4) is 0 Å². The van der Waals surface area contributed by atoms with Crippen molar-refractivity contribution < 1.29 is 23.1 Å². The average Bonchev–Trinajstić information content (AvgIpc) is 3.03. The minimum Gasteiger partial charge on any atom is -0.475 e. The molecule has 0 unspecified atom stereocenters. The predicted molar refractivity (Wildman–Crippen MR) is 101 cm³/mol. The van der Waals surface area contributed by atoms with Crippen LogP contribution in [0.1, 0.15) is 5.56 Å². The van der Waals surface area contributed by atoms with E-state index in [2.05, 4.69) is 51.8 Å². The molecule has 1 aliphatic rings. The number of nitrogens with one attached hydrogen (secondary N) is 1. The topological polar surface area (TPSA) is 55.8 Å². The molecule has 0 aliphatic carbocycles. The standard InChI is InChI=1S/C16H23N3S.C2HF3O2/c1-18-8-10-19(11-9-18)7-6-17-12-14-13-20-16-5-3-2-4-15(14)16;3-2(4,5)1(6)7/h2-5,13,17H,6-12H2,1H3;(H,6,7). The zero-order valence-electron chi connectivity index (χ0n) is 15.1. The molecule has 1 aromatic heterocycles. The van der Waals surface area contributed by atoms with Crippen molar-refractivity contribution in [3.8, 4) is 0 Å². The highest BCUT2D eigenvalue weighted by molar-refractivity contribution is 7.17. The first-order chi connectivity index (χ1) is 12.8. The van der Waals surface area contributed by atoms with Gasteiger partial charge < -0.3 is 15.3 Å². The second-order valence-electron chi connectivity index (χ2n) is 6.38. The maximum atomic E-state index is 10.6. The molecular formula is C18H24F3N3O2S. The van der Waals surface area contributed by atoms with Crippen LogP contribution in [0.2, 0.25) is 0 Å². The third-order valence-electron chi connectivity index (χ3n) is 4.32. The normalized spacial score (nSPS) is 16.1. The number of piperazine rings is 1. The molecule has 0 atom stereocenters. The minimum atomic E-state index is -5.08. The molecule has 3 rings (SSSR count). The molecule has 5 nitrogen and oxygen atoms in total. The van der Waals surface area contributed by atoms with Crippen molar-refractivity contribution in [2.45, 2.75) is 12.7 Å². The van der Waals surface area contributed by atoms with E-state index in [1.807, 2.05) is 11.3 Å². The lowest BCUT2D eigenvalue weighted by Crippen LogP contribution is -2.46. The Morgan fingerprint density at radius 3 is 2.48 bits per heavy atom. The summed E-state index contributed by atoms with van der Waals surface area (Å²) in [5, 5.41) is 14.4. The molecular weight excluding hydrogens is 379 g/mol. The summed E-state index contributed by atoms with van der Waals surface area (Å²) in [5.41, 5.74) is 1.43. The fourth-order valence-electron chi connectivity index (χ4n) is 2.70. The summed E-state index contributed by atoms with van der Waals surface area (Å²) in [7, 11) is 2.21. The molecule has 0 radical (unpaired) electrons. The molecule has 1 fully saturated rings. The number of likely N-dealkylation sites (N-methyl/N-ethyl adjacent to an activating group) is 1. The average molecular weight is 403 g/mol. The van der Waals surface area contributed by atoms with Crippen molar-refractivity contribution in [3.05, 3.63) is 35.2 Å². The highest BCUT2D eigenvalue weighted by Gasteiger charge is 2.38. The first-order valence-electron chi connectivity index (χ1n) is 8.64. The Kier molecular flexibility index (Phi) is 8.03. The van der Waals surface area contributed by atoms with Gasteiger partial charge in [-0.05, 0) is 29.4 Å². The number of fused-ring (bicyclic) bond motifs is 1. The molecule has 27 heavy (non-hydrogen) atoms. The summed E-state index contributed by atoms with van der Waals surface area (Å²) in [6, 6.07) is 8.67. The number of hydrogen-bond donors (Lipinski definition) is 2. The number of hydrogen-bond acceptors (Lipinski definition) is 5. The third kappa shape index (κ3) is 7.10. The van der Waals surface area contributed by atoms with Crippen LogP contribution in [0.5, 0.6) is 0 Å². The van der Waals surface area contributed by atoms with E-state index >= 15 is 0 Å². The second kappa shape index (κ2) is 10.0. The zero-order valence-corrected chi connectivity index (χ0v) is 15.9. The lowest BCUT2D eigenvalue weighted by molar-refractivity contribution is -0.192. The lowest BCUT2D eigenvalue weighted by atomic mass is 10.2. The maximum absolute atomic E-state index is 10.6. The van der Waals surface area contributed by atoms with E-state index in [4.69, 9.17) is 9.90 Å². The fraction of sp³-hybridized carbons (Fsp3) is 0.500. The molecule has 0 saturated carbocycles. The molecule has 1 saturated heterocycles. The van der Waals surface area contributed by atoms with Crippen molar-refractivity contribution in [1.82, 2.24) is 15.1 Å². The van der Waals surface area contributed by atoms with E-state index in [-0.39, 0.29) is 0 Å². The van der Waals surface area contributed by atoms with Crippen LogP contribution in [0.25, 0.3) is 10.1 Å². The molecule has 0 bridgehead atoms. The second-order valence-corrected chi connectivity index (χ2v) is 7.29. The number of thiophene rings is 1. The highest BCUT2D eigenvalue weighted by Crippen LogP contribution is 2.25. The van der Waals surface area contributed by atoms with Gasteiger partial charge in [-0.1, -0.05) is 18.2 Å². The monoisotopic (exact) mass is 403 g/mol. The summed E-state index contributed by atoms with van der Waals surface area (Å²) in [4.78, 5) is 13.9. The van der Waals surface area contributed by atoms with Crippen molar-refractivity contribution in [2.24, 2.45) is 0 Å².